The Kier molecular flexibility index (Phi) is 12.0. The zero-order chi connectivity index (χ0) is 26.9. The first kappa shape index (κ1) is 31.1. The van der Waals surface area contributed by atoms with E-state index in [1.807, 2.05) is 32.3 Å². The Morgan fingerprint density at radius 2 is 1.37 bits per heavy atom. The summed E-state index contributed by atoms with van der Waals surface area (Å²) in [6.45, 7) is 5.50. The van der Waals surface area contributed by atoms with Crippen molar-refractivity contribution in [3.05, 3.63) is 77.2 Å². The summed E-state index contributed by atoms with van der Waals surface area (Å²) in [5.41, 5.74) is 2.88. The van der Waals surface area contributed by atoms with Gasteiger partial charge in [-0.1, -0.05) is 6.92 Å². The minimum absolute atomic E-state index is 0. The molecule has 0 fully saturated rings. The van der Waals surface area contributed by atoms with Gasteiger partial charge in [0.05, 0.1) is 53.7 Å². The van der Waals surface area contributed by atoms with Gasteiger partial charge in [0.1, 0.15) is 14.9 Å². The van der Waals surface area contributed by atoms with Crippen LogP contribution >= 0.6 is 31.9 Å². The van der Waals surface area contributed by atoms with E-state index in [0.29, 0.717) is 0 Å². The van der Waals surface area contributed by atoms with Crippen molar-refractivity contribution in [2.45, 2.75) is 13.3 Å². The predicted molar refractivity (Wildman–Crippen MR) is 149 cm³/mol. The molecule has 38 heavy (non-hydrogen) atoms. The molecule has 0 bridgehead atoms. The fourth-order valence-electron chi connectivity index (χ4n) is 3.00. The van der Waals surface area contributed by atoms with E-state index in [1.165, 1.54) is 12.3 Å². The second-order valence-electron chi connectivity index (χ2n) is 7.50. The van der Waals surface area contributed by atoms with E-state index in [2.05, 4.69) is 74.1 Å². The van der Waals surface area contributed by atoms with E-state index in [1.54, 1.807) is 41.2 Å². The molecule has 0 unspecified atom stereocenters. The zero-order valence-corrected chi connectivity index (χ0v) is 25.3. The number of aromatic carboxylic acids is 1. The number of pyridine rings is 3. The van der Waals surface area contributed by atoms with Gasteiger partial charge in [-0.2, -0.15) is 21.7 Å². The number of nitrogens with zero attached hydrogens (tertiary/aromatic N) is 8. The first-order chi connectivity index (χ1) is 17.7. The number of nitrogens with one attached hydrogen (secondary N) is 1. The number of aromatic amines is 1. The summed E-state index contributed by atoms with van der Waals surface area (Å²) in [6, 6.07) is 5.37. The van der Waals surface area contributed by atoms with Crippen molar-refractivity contribution in [2.24, 2.45) is 14.1 Å². The number of hydrogen-bond acceptors (Lipinski definition) is 7. The summed E-state index contributed by atoms with van der Waals surface area (Å²) >= 11 is 6.56. The molecule has 6 aromatic rings. The number of aromatic nitrogens is 9. The number of carboxylic acids is 1. The smallest absolute Gasteiger partial charge is 0.354 e. The first-order valence-electron chi connectivity index (χ1n) is 10.9. The average Bonchev–Trinajstić information content (AvgIpc) is 3.59. The van der Waals surface area contributed by atoms with E-state index in [-0.39, 0.29) is 24.2 Å². The van der Waals surface area contributed by atoms with Gasteiger partial charge >= 0.3 is 5.97 Å². The van der Waals surface area contributed by atoms with E-state index in [4.69, 9.17) is 5.11 Å². The molecular formula is C24H24Br2N9O2V-. The van der Waals surface area contributed by atoms with E-state index < -0.39 is 5.97 Å². The normalized spacial score (nSPS) is 9.95. The maximum Gasteiger partial charge on any atom is 0.354 e. The summed E-state index contributed by atoms with van der Waals surface area (Å²) in [6.07, 6.45) is 11.2. The van der Waals surface area contributed by atoms with Crippen molar-refractivity contribution >= 4 is 70.5 Å². The molecule has 1 radical (unpaired) electrons. The van der Waals surface area contributed by atoms with Gasteiger partial charge in [-0.05, 0) is 50.1 Å². The van der Waals surface area contributed by atoms with Crippen molar-refractivity contribution in [2.75, 3.05) is 0 Å². The number of H-pyrrole nitrogens is 1. The number of carboxylic acid groups (broad SMARTS) is 1. The summed E-state index contributed by atoms with van der Waals surface area (Å²) in [4.78, 5) is 22.5. The van der Waals surface area contributed by atoms with Crippen LogP contribution in [0.5, 0.6) is 0 Å². The van der Waals surface area contributed by atoms with Crippen LogP contribution < -0.4 is 0 Å². The molecule has 0 saturated carbocycles. The number of carbonyl (C=O) groups is 1. The number of rotatable bonds is 1. The van der Waals surface area contributed by atoms with Crippen molar-refractivity contribution in [1.29, 1.82) is 0 Å². The molecular weight excluding hydrogens is 657 g/mol. The summed E-state index contributed by atoms with van der Waals surface area (Å²) in [5, 5.41) is 26.4. The predicted octanol–water partition coefficient (Wildman–Crippen LogP) is 5.35. The monoisotopic (exact) mass is 679 g/mol. The van der Waals surface area contributed by atoms with Gasteiger partial charge in [-0.3, -0.25) is 14.5 Å². The summed E-state index contributed by atoms with van der Waals surface area (Å²) < 4.78 is 5.13. The quantitative estimate of drug-likeness (QED) is 0.175. The number of aryl methyl sites for hydroxylation is 2. The Morgan fingerprint density at radius 1 is 0.868 bits per heavy atom. The summed E-state index contributed by atoms with van der Waals surface area (Å²) in [5.74, 6) is -1.02. The van der Waals surface area contributed by atoms with Gasteiger partial charge in [0.15, 0.2) is 0 Å². The van der Waals surface area contributed by atoms with Crippen LogP contribution in [0.4, 0.5) is 0 Å². The number of hydrogen-bond donors (Lipinski definition) is 2. The Balaban J connectivity index is 0.000000189. The first-order valence-corrected chi connectivity index (χ1v) is 12.5. The van der Waals surface area contributed by atoms with Crippen LogP contribution in [0.3, 0.4) is 0 Å². The average molecular weight is 681 g/mol. The largest absolute Gasteiger partial charge is 0.477 e. The van der Waals surface area contributed by atoms with Crippen LogP contribution in [-0.4, -0.2) is 55.8 Å². The SMILES string of the molecule is Brc1cc2cn[nH]c2cn1.Cn1ncc2cc(Br)ncc21.Cn1ncc2cc(C(=O)O)ncc21.[CH2-]CC.[V]. The molecule has 0 aliphatic heterocycles. The maximum atomic E-state index is 10.6. The molecule has 0 aliphatic rings. The van der Waals surface area contributed by atoms with E-state index >= 15 is 0 Å². The third-order valence-corrected chi connectivity index (χ3v) is 5.61. The fourth-order valence-corrected chi connectivity index (χ4v) is 3.70. The summed E-state index contributed by atoms with van der Waals surface area (Å²) in [7, 11) is 3.68. The van der Waals surface area contributed by atoms with Crippen molar-refractivity contribution < 1.29 is 28.5 Å². The molecule has 0 aliphatic carbocycles. The third-order valence-electron chi connectivity index (χ3n) is 4.74. The molecule has 14 heteroatoms. The zero-order valence-electron chi connectivity index (χ0n) is 20.7. The molecule has 6 heterocycles. The van der Waals surface area contributed by atoms with Crippen LogP contribution in [0.1, 0.15) is 23.8 Å². The van der Waals surface area contributed by atoms with E-state index in [9.17, 15) is 4.79 Å². The molecule has 0 atom stereocenters. The Labute approximate surface area is 247 Å². The van der Waals surface area contributed by atoms with Gasteiger partial charge in [0.25, 0.3) is 0 Å². The van der Waals surface area contributed by atoms with Crippen LogP contribution in [0.25, 0.3) is 32.7 Å². The van der Waals surface area contributed by atoms with Crippen LogP contribution in [0.2, 0.25) is 0 Å². The van der Waals surface area contributed by atoms with Crippen LogP contribution in [0.15, 0.2) is 64.6 Å². The van der Waals surface area contributed by atoms with Gasteiger partial charge in [-0.15, -0.1) is 0 Å². The van der Waals surface area contributed by atoms with Crippen LogP contribution in [-0.2, 0) is 32.7 Å². The molecule has 11 nitrogen and oxygen atoms in total. The number of halogens is 2. The molecule has 2 N–H and O–H groups in total. The number of fused-ring (bicyclic) bond motifs is 3. The van der Waals surface area contributed by atoms with Gasteiger partial charge in [0, 0.05) is 48.8 Å². The topological polar surface area (TPSA) is 140 Å². The minimum Gasteiger partial charge on any atom is -0.477 e. The third kappa shape index (κ3) is 8.19. The minimum atomic E-state index is -1.02. The Bertz CT molecular complexity index is 1630. The standard InChI is InChI=1S/C8H7N3O2.C7H6BrN3.C6H4BrN3.C3H7.V/c1-11-7-4-9-6(8(12)13)2-5(7)3-10-11;1-11-6-4-9-7(8)2-5(6)3-10-11;7-6-1-4-2-9-10-5(4)3-8-6;1-3-2;/h2-4H,1H3,(H,12,13);2-4H,1H3;1-3H,(H,9,10);1,3H2,2H3;/q;;;-1;. The Morgan fingerprint density at radius 3 is 1.95 bits per heavy atom. The second kappa shape index (κ2) is 14.7. The van der Waals surface area contributed by atoms with Crippen LogP contribution in [0, 0.1) is 6.92 Å². The second-order valence-corrected chi connectivity index (χ2v) is 9.12. The van der Waals surface area contributed by atoms with Crippen molar-refractivity contribution in [3.63, 3.8) is 0 Å². The molecule has 197 valence electrons. The molecule has 0 saturated heterocycles. The van der Waals surface area contributed by atoms with E-state index in [0.717, 1.165) is 48.3 Å². The van der Waals surface area contributed by atoms with Crippen molar-refractivity contribution in [1.82, 2.24) is 44.7 Å². The molecule has 0 amide bonds. The molecule has 0 aromatic carbocycles. The fraction of sp³-hybridized carbons (Fsp3) is 0.167. The molecule has 0 spiro atoms. The van der Waals surface area contributed by atoms with Gasteiger partial charge in [0.2, 0.25) is 0 Å². The maximum absolute atomic E-state index is 10.6. The van der Waals surface area contributed by atoms with Gasteiger partial charge < -0.3 is 12.0 Å². The molecule has 6 aromatic heterocycles. The van der Waals surface area contributed by atoms with Crippen molar-refractivity contribution in [3.8, 4) is 0 Å². The van der Waals surface area contributed by atoms with Gasteiger partial charge in [-0.25, -0.2) is 19.7 Å². The molecule has 6 rings (SSSR count). The Hall–Kier alpha value is -3.13.